The first kappa shape index (κ1) is 32.6. The summed E-state index contributed by atoms with van der Waals surface area (Å²) in [5, 5.41) is 4.98. The summed E-state index contributed by atoms with van der Waals surface area (Å²) < 4.78 is 2.28. The number of benzene rings is 9. The average molecular weight is 703 g/mol. The zero-order valence-electron chi connectivity index (χ0n) is 30.7. The summed E-state index contributed by atoms with van der Waals surface area (Å²) in [6.07, 6.45) is 0.870. The average Bonchev–Trinajstić information content (AvgIpc) is 3.65. The molecule has 0 aliphatic rings. The van der Waals surface area contributed by atoms with Gasteiger partial charge in [0, 0.05) is 12.1 Å². The fraction of sp³-hybridized carbons (Fsp3) is 0.0377. The Balaban J connectivity index is 1.13. The zero-order chi connectivity index (χ0) is 36.7. The molecule has 0 amide bonds. The number of rotatable bonds is 7. The van der Waals surface area contributed by atoms with E-state index in [2.05, 4.69) is 212 Å². The van der Waals surface area contributed by atoms with E-state index in [-0.39, 0.29) is 0 Å². The number of aromatic nitrogens is 2. The Morgan fingerprint density at radius 2 is 0.891 bits per heavy atom. The van der Waals surface area contributed by atoms with Crippen LogP contribution in [0.5, 0.6) is 0 Å². The quantitative estimate of drug-likeness (QED) is 0.151. The van der Waals surface area contributed by atoms with Crippen molar-refractivity contribution in [1.29, 1.82) is 0 Å². The molecule has 1 heterocycles. The van der Waals surface area contributed by atoms with Gasteiger partial charge in [0.15, 0.2) is 0 Å². The standard InChI is InChI=1S/C53H38N2/c1-2-51-54-49-23-13-14-24-50(49)55(51)42-32-29-38(30-33-42)37-25-27-40(28-26-37)52-45-21-11-12-22-46(45)53(44-20-10-9-19-43(44)39-17-7-4-8-18-39)48-35-41(31-34-47(48)52)36-15-5-3-6-16-36/h3-35H,2H2,1H3. The van der Waals surface area contributed by atoms with E-state index in [1.165, 1.54) is 77.2 Å². The molecule has 10 rings (SSSR count). The Morgan fingerprint density at radius 1 is 0.382 bits per heavy atom. The van der Waals surface area contributed by atoms with Crippen molar-refractivity contribution in [1.82, 2.24) is 9.55 Å². The van der Waals surface area contributed by atoms with Crippen molar-refractivity contribution in [3.8, 4) is 61.3 Å². The predicted molar refractivity (Wildman–Crippen MR) is 233 cm³/mol. The van der Waals surface area contributed by atoms with Gasteiger partial charge in [-0.25, -0.2) is 4.98 Å². The van der Waals surface area contributed by atoms with Crippen LogP contribution in [0.15, 0.2) is 200 Å². The molecule has 1 aromatic heterocycles. The van der Waals surface area contributed by atoms with Gasteiger partial charge in [-0.3, -0.25) is 4.57 Å². The summed E-state index contributed by atoms with van der Waals surface area (Å²) in [7, 11) is 0. The molecule has 0 unspecified atom stereocenters. The Bertz CT molecular complexity index is 2970. The van der Waals surface area contributed by atoms with Gasteiger partial charge < -0.3 is 0 Å². The van der Waals surface area contributed by atoms with Crippen molar-refractivity contribution < 1.29 is 0 Å². The molecule has 0 saturated heterocycles. The highest BCUT2D eigenvalue weighted by Crippen LogP contribution is 2.47. The van der Waals surface area contributed by atoms with Gasteiger partial charge in [-0.05, 0) is 108 Å². The third-order valence-corrected chi connectivity index (χ3v) is 11.0. The molecule has 9 aromatic carbocycles. The van der Waals surface area contributed by atoms with Gasteiger partial charge in [-0.1, -0.05) is 177 Å². The van der Waals surface area contributed by atoms with Gasteiger partial charge >= 0.3 is 0 Å². The number of hydrogen-bond acceptors (Lipinski definition) is 1. The zero-order valence-corrected chi connectivity index (χ0v) is 30.7. The van der Waals surface area contributed by atoms with Gasteiger partial charge in [0.2, 0.25) is 0 Å². The van der Waals surface area contributed by atoms with Crippen LogP contribution in [-0.4, -0.2) is 9.55 Å². The summed E-state index contributed by atoms with van der Waals surface area (Å²) in [6.45, 7) is 2.17. The van der Waals surface area contributed by atoms with Crippen LogP contribution in [0, 0.1) is 0 Å². The van der Waals surface area contributed by atoms with E-state index in [4.69, 9.17) is 4.98 Å². The van der Waals surface area contributed by atoms with E-state index in [0.29, 0.717) is 0 Å². The lowest BCUT2D eigenvalue weighted by Crippen LogP contribution is -1.99. The predicted octanol–water partition coefficient (Wildman–Crippen LogP) is 14.2. The highest BCUT2D eigenvalue weighted by Gasteiger charge is 2.20. The number of para-hydroxylation sites is 2. The summed E-state index contributed by atoms with van der Waals surface area (Å²) in [5.41, 5.74) is 15.5. The van der Waals surface area contributed by atoms with E-state index in [0.717, 1.165) is 29.0 Å². The fourth-order valence-corrected chi connectivity index (χ4v) is 8.39. The molecule has 0 N–H and O–H groups in total. The van der Waals surface area contributed by atoms with Crippen LogP contribution in [-0.2, 0) is 6.42 Å². The number of hydrogen-bond donors (Lipinski definition) is 0. The Kier molecular flexibility index (Phi) is 8.15. The fourth-order valence-electron chi connectivity index (χ4n) is 8.39. The minimum atomic E-state index is 0.870. The summed E-state index contributed by atoms with van der Waals surface area (Å²) in [5.74, 6) is 1.07. The van der Waals surface area contributed by atoms with E-state index in [9.17, 15) is 0 Å². The summed E-state index contributed by atoms with van der Waals surface area (Å²) in [4.78, 5) is 4.89. The minimum absolute atomic E-state index is 0.870. The summed E-state index contributed by atoms with van der Waals surface area (Å²) in [6, 6.07) is 72.7. The smallest absolute Gasteiger partial charge is 0.114 e. The van der Waals surface area contributed by atoms with E-state index in [1.807, 2.05) is 0 Å². The first-order valence-electron chi connectivity index (χ1n) is 19.1. The SMILES string of the molecule is CCc1nc2ccccc2n1-c1ccc(-c2ccc(-c3c4ccccc4c(-c4ccccc4-c4ccccc4)c4cc(-c5ccccc5)ccc34)cc2)cc1. The van der Waals surface area contributed by atoms with Gasteiger partial charge in [0.25, 0.3) is 0 Å². The van der Waals surface area contributed by atoms with Crippen LogP contribution >= 0.6 is 0 Å². The molecule has 0 saturated carbocycles. The molecule has 0 spiro atoms. The molecule has 2 nitrogen and oxygen atoms in total. The molecule has 2 heteroatoms. The Morgan fingerprint density at radius 3 is 1.60 bits per heavy atom. The lowest BCUT2D eigenvalue weighted by atomic mass is 9.83. The highest BCUT2D eigenvalue weighted by atomic mass is 15.1. The normalized spacial score (nSPS) is 11.4. The molecule has 0 aliphatic carbocycles. The van der Waals surface area contributed by atoms with Crippen molar-refractivity contribution in [2.45, 2.75) is 13.3 Å². The summed E-state index contributed by atoms with van der Waals surface area (Å²) >= 11 is 0. The van der Waals surface area contributed by atoms with Crippen LogP contribution in [0.3, 0.4) is 0 Å². The first-order valence-corrected chi connectivity index (χ1v) is 19.1. The molecule has 0 atom stereocenters. The van der Waals surface area contributed by atoms with E-state index >= 15 is 0 Å². The third-order valence-electron chi connectivity index (χ3n) is 11.0. The van der Waals surface area contributed by atoms with Gasteiger partial charge in [0.05, 0.1) is 11.0 Å². The van der Waals surface area contributed by atoms with Crippen molar-refractivity contribution >= 4 is 32.6 Å². The van der Waals surface area contributed by atoms with Crippen LogP contribution < -0.4 is 0 Å². The second-order valence-corrected chi connectivity index (χ2v) is 14.2. The number of aryl methyl sites for hydroxylation is 1. The van der Waals surface area contributed by atoms with Crippen LogP contribution in [0.2, 0.25) is 0 Å². The van der Waals surface area contributed by atoms with Crippen LogP contribution in [0.1, 0.15) is 12.7 Å². The van der Waals surface area contributed by atoms with Gasteiger partial charge in [-0.15, -0.1) is 0 Å². The lowest BCUT2D eigenvalue weighted by molar-refractivity contribution is 0.908. The highest BCUT2D eigenvalue weighted by molar-refractivity contribution is 6.23. The number of fused-ring (bicyclic) bond motifs is 3. The van der Waals surface area contributed by atoms with Crippen molar-refractivity contribution in [3.05, 3.63) is 206 Å². The first-order chi connectivity index (χ1) is 27.2. The second kappa shape index (κ2) is 13.7. The van der Waals surface area contributed by atoms with E-state index in [1.54, 1.807) is 0 Å². The van der Waals surface area contributed by atoms with Crippen LogP contribution in [0.4, 0.5) is 0 Å². The lowest BCUT2D eigenvalue weighted by Gasteiger charge is -2.20. The Labute approximate surface area is 321 Å². The monoisotopic (exact) mass is 702 g/mol. The molecule has 10 aromatic rings. The van der Waals surface area contributed by atoms with Crippen molar-refractivity contribution in [2.75, 3.05) is 0 Å². The van der Waals surface area contributed by atoms with E-state index < -0.39 is 0 Å². The minimum Gasteiger partial charge on any atom is -0.296 e. The maximum atomic E-state index is 4.89. The molecule has 55 heavy (non-hydrogen) atoms. The molecule has 0 bridgehead atoms. The molecule has 0 aliphatic heterocycles. The molecule has 260 valence electrons. The van der Waals surface area contributed by atoms with Crippen molar-refractivity contribution in [3.63, 3.8) is 0 Å². The molecule has 0 radical (unpaired) electrons. The molecule has 0 fully saturated rings. The third kappa shape index (κ3) is 5.71. The molecular weight excluding hydrogens is 665 g/mol. The molecular formula is C53H38N2. The number of nitrogens with zero attached hydrogens (tertiary/aromatic N) is 2. The van der Waals surface area contributed by atoms with Crippen molar-refractivity contribution in [2.24, 2.45) is 0 Å². The maximum absolute atomic E-state index is 4.89. The van der Waals surface area contributed by atoms with Crippen LogP contribution in [0.25, 0.3) is 93.9 Å². The maximum Gasteiger partial charge on any atom is 0.114 e. The Hall–Kier alpha value is -7.03. The van der Waals surface area contributed by atoms with Gasteiger partial charge in [-0.2, -0.15) is 0 Å². The topological polar surface area (TPSA) is 17.8 Å². The second-order valence-electron chi connectivity index (χ2n) is 14.2. The van der Waals surface area contributed by atoms with Gasteiger partial charge in [0.1, 0.15) is 5.82 Å². The number of imidazole rings is 1. The largest absolute Gasteiger partial charge is 0.296 e.